The third kappa shape index (κ3) is 3.20. The lowest BCUT2D eigenvalue weighted by atomic mass is 10.0. The van der Waals surface area contributed by atoms with Crippen LogP contribution in [0.3, 0.4) is 0 Å². The Kier molecular flexibility index (Phi) is 4.32. The van der Waals surface area contributed by atoms with Gasteiger partial charge < -0.3 is 0 Å². The summed E-state index contributed by atoms with van der Waals surface area (Å²) in [5.41, 5.74) is 4.16. The molecular formula is C18H17FN4S. The van der Waals surface area contributed by atoms with Crippen molar-refractivity contribution in [2.75, 3.05) is 13.1 Å². The Bertz CT molecular complexity index is 818. The maximum absolute atomic E-state index is 13.2. The first-order chi connectivity index (χ1) is 11.8. The minimum atomic E-state index is -0.228. The topological polar surface area (TPSA) is 41.9 Å². The molecule has 0 N–H and O–H groups in total. The van der Waals surface area contributed by atoms with Crippen LogP contribution in [0.4, 0.5) is 4.39 Å². The van der Waals surface area contributed by atoms with E-state index in [2.05, 4.69) is 19.9 Å². The second kappa shape index (κ2) is 6.75. The molecule has 4 rings (SSSR count). The van der Waals surface area contributed by atoms with Gasteiger partial charge in [-0.05, 0) is 30.7 Å². The molecule has 2 aromatic heterocycles. The van der Waals surface area contributed by atoms with Crippen molar-refractivity contribution in [3.8, 4) is 11.3 Å². The van der Waals surface area contributed by atoms with Gasteiger partial charge in [0, 0.05) is 47.9 Å². The third-order valence-corrected chi connectivity index (χ3v) is 5.10. The number of fused-ring (bicyclic) bond motifs is 1. The number of halogens is 1. The zero-order chi connectivity index (χ0) is 16.4. The maximum Gasteiger partial charge on any atom is 0.123 e. The Morgan fingerprint density at radius 1 is 1.04 bits per heavy atom. The zero-order valence-electron chi connectivity index (χ0n) is 13.2. The molecular weight excluding hydrogens is 323 g/mol. The molecule has 0 saturated carbocycles. The molecule has 0 amide bonds. The summed E-state index contributed by atoms with van der Waals surface area (Å²) in [7, 11) is 0. The number of rotatable bonds is 3. The standard InChI is InChI=1S/C18H17FN4S/c19-14-3-1-13(2-4-14)18-15-5-8-23(11-17-20-7-10-24-17)9-6-16(15)21-12-22-18/h1-4,7,10,12H,5-6,8-9,11H2. The highest BCUT2D eigenvalue weighted by molar-refractivity contribution is 7.09. The molecule has 3 aromatic rings. The maximum atomic E-state index is 13.2. The van der Waals surface area contributed by atoms with Crippen LogP contribution in [0.15, 0.2) is 42.2 Å². The van der Waals surface area contributed by atoms with E-state index in [-0.39, 0.29) is 5.82 Å². The Labute approximate surface area is 144 Å². The Hall–Kier alpha value is -2.18. The van der Waals surface area contributed by atoms with Crippen molar-refractivity contribution in [2.24, 2.45) is 0 Å². The van der Waals surface area contributed by atoms with Crippen molar-refractivity contribution in [3.05, 3.63) is 64.3 Å². The molecule has 0 atom stereocenters. The predicted octanol–water partition coefficient (Wildman–Crippen LogP) is 3.34. The fourth-order valence-corrected chi connectivity index (χ4v) is 3.77. The first kappa shape index (κ1) is 15.4. The van der Waals surface area contributed by atoms with Gasteiger partial charge in [0.2, 0.25) is 0 Å². The smallest absolute Gasteiger partial charge is 0.123 e. The Morgan fingerprint density at radius 2 is 1.88 bits per heavy atom. The number of aromatic nitrogens is 3. The molecule has 4 nitrogen and oxygen atoms in total. The highest BCUT2D eigenvalue weighted by atomic mass is 32.1. The van der Waals surface area contributed by atoms with Crippen LogP contribution < -0.4 is 0 Å². The van der Waals surface area contributed by atoms with Crippen LogP contribution in [-0.2, 0) is 19.4 Å². The fraction of sp³-hybridized carbons (Fsp3) is 0.278. The molecule has 0 aliphatic carbocycles. The molecule has 6 heteroatoms. The lowest BCUT2D eigenvalue weighted by molar-refractivity contribution is 0.278. The van der Waals surface area contributed by atoms with Crippen LogP contribution in [0.2, 0.25) is 0 Å². The van der Waals surface area contributed by atoms with Crippen LogP contribution in [0.5, 0.6) is 0 Å². The van der Waals surface area contributed by atoms with Crippen molar-refractivity contribution < 1.29 is 4.39 Å². The summed E-state index contributed by atoms with van der Waals surface area (Å²) in [4.78, 5) is 15.8. The summed E-state index contributed by atoms with van der Waals surface area (Å²) >= 11 is 1.69. The highest BCUT2D eigenvalue weighted by Gasteiger charge is 2.19. The van der Waals surface area contributed by atoms with Gasteiger partial charge in [-0.2, -0.15) is 0 Å². The summed E-state index contributed by atoms with van der Waals surface area (Å²) in [5.74, 6) is -0.228. The molecule has 3 heterocycles. The first-order valence-electron chi connectivity index (χ1n) is 7.99. The van der Waals surface area contributed by atoms with Gasteiger partial charge in [0.1, 0.15) is 17.2 Å². The Morgan fingerprint density at radius 3 is 2.67 bits per heavy atom. The summed E-state index contributed by atoms with van der Waals surface area (Å²) < 4.78 is 13.2. The van der Waals surface area contributed by atoms with E-state index in [4.69, 9.17) is 0 Å². The summed E-state index contributed by atoms with van der Waals surface area (Å²) in [6.07, 6.45) is 5.27. The average molecular weight is 340 g/mol. The molecule has 1 aliphatic rings. The normalized spacial score (nSPS) is 15.0. The quantitative estimate of drug-likeness (QED) is 0.733. The van der Waals surface area contributed by atoms with Gasteiger partial charge >= 0.3 is 0 Å². The third-order valence-electron chi connectivity index (χ3n) is 4.34. The van der Waals surface area contributed by atoms with Crippen molar-refractivity contribution >= 4 is 11.3 Å². The van der Waals surface area contributed by atoms with Gasteiger partial charge in [-0.3, -0.25) is 4.90 Å². The van der Waals surface area contributed by atoms with Gasteiger partial charge in [0.25, 0.3) is 0 Å². The zero-order valence-corrected chi connectivity index (χ0v) is 14.0. The van der Waals surface area contributed by atoms with E-state index in [0.29, 0.717) is 0 Å². The predicted molar refractivity (Wildman–Crippen MR) is 92.2 cm³/mol. The highest BCUT2D eigenvalue weighted by Crippen LogP contribution is 2.26. The van der Waals surface area contributed by atoms with Gasteiger partial charge in [-0.1, -0.05) is 0 Å². The molecule has 122 valence electrons. The van der Waals surface area contributed by atoms with E-state index in [1.165, 1.54) is 17.7 Å². The van der Waals surface area contributed by atoms with E-state index >= 15 is 0 Å². The summed E-state index contributed by atoms with van der Waals surface area (Å²) in [6.45, 7) is 2.80. The van der Waals surface area contributed by atoms with Crippen LogP contribution >= 0.6 is 11.3 Å². The van der Waals surface area contributed by atoms with E-state index in [1.54, 1.807) is 29.8 Å². The monoisotopic (exact) mass is 340 g/mol. The van der Waals surface area contributed by atoms with Crippen molar-refractivity contribution in [3.63, 3.8) is 0 Å². The van der Waals surface area contributed by atoms with Crippen LogP contribution in [0.25, 0.3) is 11.3 Å². The van der Waals surface area contributed by atoms with E-state index in [0.717, 1.165) is 54.4 Å². The van der Waals surface area contributed by atoms with Crippen LogP contribution in [0.1, 0.15) is 16.3 Å². The van der Waals surface area contributed by atoms with Crippen LogP contribution in [0, 0.1) is 5.82 Å². The lowest BCUT2D eigenvalue weighted by Gasteiger charge is -2.17. The second-order valence-electron chi connectivity index (χ2n) is 5.86. The molecule has 0 fully saturated rings. The SMILES string of the molecule is Fc1ccc(-c2ncnc3c2CCN(Cc2nccs2)CC3)cc1. The average Bonchev–Trinajstić information content (AvgIpc) is 3.02. The van der Waals surface area contributed by atoms with Crippen molar-refractivity contribution in [1.29, 1.82) is 0 Å². The number of nitrogens with zero attached hydrogens (tertiary/aromatic N) is 4. The molecule has 0 saturated heterocycles. The summed E-state index contributed by atoms with van der Waals surface area (Å²) in [6, 6.07) is 6.54. The second-order valence-corrected chi connectivity index (χ2v) is 6.84. The molecule has 24 heavy (non-hydrogen) atoms. The minimum absolute atomic E-state index is 0.228. The molecule has 0 bridgehead atoms. The molecule has 0 radical (unpaired) electrons. The number of hydrogen-bond acceptors (Lipinski definition) is 5. The van der Waals surface area contributed by atoms with Crippen molar-refractivity contribution in [2.45, 2.75) is 19.4 Å². The Balaban J connectivity index is 1.59. The van der Waals surface area contributed by atoms with E-state index in [1.807, 2.05) is 11.6 Å². The van der Waals surface area contributed by atoms with Crippen molar-refractivity contribution in [1.82, 2.24) is 19.9 Å². The molecule has 0 unspecified atom stereocenters. The molecule has 1 aliphatic heterocycles. The fourth-order valence-electron chi connectivity index (χ4n) is 3.11. The van der Waals surface area contributed by atoms with Crippen LogP contribution in [-0.4, -0.2) is 32.9 Å². The lowest BCUT2D eigenvalue weighted by Crippen LogP contribution is -2.25. The van der Waals surface area contributed by atoms with Gasteiger partial charge in [-0.15, -0.1) is 11.3 Å². The van der Waals surface area contributed by atoms with E-state index in [9.17, 15) is 4.39 Å². The van der Waals surface area contributed by atoms with E-state index < -0.39 is 0 Å². The molecule has 0 spiro atoms. The number of hydrogen-bond donors (Lipinski definition) is 0. The minimum Gasteiger partial charge on any atom is -0.296 e. The van der Waals surface area contributed by atoms with Gasteiger partial charge in [0.05, 0.1) is 12.2 Å². The van der Waals surface area contributed by atoms with Gasteiger partial charge in [0.15, 0.2) is 0 Å². The largest absolute Gasteiger partial charge is 0.296 e. The van der Waals surface area contributed by atoms with Gasteiger partial charge in [-0.25, -0.2) is 19.3 Å². The first-order valence-corrected chi connectivity index (χ1v) is 8.87. The summed E-state index contributed by atoms with van der Waals surface area (Å²) in [5, 5.41) is 3.16. The number of thiazole rings is 1. The number of benzene rings is 1. The molecule has 1 aromatic carbocycles.